The van der Waals surface area contributed by atoms with Crippen molar-refractivity contribution in [2.24, 2.45) is 5.92 Å². The summed E-state index contributed by atoms with van der Waals surface area (Å²) in [6.07, 6.45) is 3.79. The molecule has 2 heterocycles. The fraction of sp³-hybridized carbons (Fsp3) is 0.455. The molecule has 2 aromatic rings. The highest BCUT2D eigenvalue weighted by Crippen LogP contribution is 2.35. The molecule has 33 heavy (non-hydrogen) atoms. The summed E-state index contributed by atoms with van der Waals surface area (Å²) in [7, 11) is -3.33. The Morgan fingerprint density at radius 1 is 1.21 bits per heavy atom. The molecule has 2 atom stereocenters. The second-order valence-corrected chi connectivity index (χ2v) is 11.8. The van der Waals surface area contributed by atoms with Crippen molar-refractivity contribution in [3.63, 3.8) is 0 Å². The number of benzene rings is 1. The first-order valence-corrected chi connectivity index (χ1v) is 13.1. The standard InChI is InChI=1S/C22H25N3O6S2/c1-13(26)25-9-8-14(12-25)10-18(20(27)24-22-23-11-19(32-22)21(28)29)15-2-4-16(5-3-15)33(30,31)17-6-7-17/h2-5,11,14,17-18H,6-10,12H2,1H3,(H,28,29)(H,23,24,27)/t14-,18-/m1/s1. The van der Waals surface area contributed by atoms with E-state index in [9.17, 15) is 22.8 Å². The molecule has 1 aromatic heterocycles. The minimum Gasteiger partial charge on any atom is -0.477 e. The van der Waals surface area contributed by atoms with E-state index in [-0.39, 0.29) is 37.9 Å². The Balaban J connectivity index is 1.55. The molecule has 1 aliphatic heterocycles. The molecule has 1 aromatic carbocycles. The first-order valence-electron chi connectivity index (χ1n) is 10.7. The Bertz CT molecular complexity index is 1170. The number of carbonyl (C=O) groups excluding carboxylic acids is 2. The molecular weight excluding hydrogens is 466 g/mol. The first kappa shape index (κ1) is 23.4. The number of hydrogen-bond acceptors (Lipinski definition) is 7. The molecule has 2 amide bonds. The summed E-state index contributed by atoms with van der Waals surface area (Å²) < 4.78 is 25.0. The molecule has 4 rings (SSSR count). The van der Waals surface area contributed by atoms with Gasteiger partial charge in [-0.05, 0) is 49.3 Å². The van der Waals surface area contributed by atoms with Crippen LogP contribution in [0.15, 0.2) is 35.4 Å². The van der Waals surface area contributed by atoms with Gasteiger partial charge in [-0.3, -0.25) is 9.59 Å². The molecule has 1 saturated heterocycles. The van der Waals surface area contributed by atoms with Gasteiger partial charge in [0, 0.05) is 20.0 Å². The van der Waals surface area contributed by atoms with Gasteiger partial charge in [0.1, 0.15) is 4.88 Å². The Morgan fingerprint density at radius 2 is 1.91 bits per heavy atom. The zero-order valence-corrected chi connectivity index (χ0v) is 19.7. The molecule has 2 fully saturated rings. The lowest BCUT2D eigenvalue weighted by Crippen LogP contribution is -2.27. The minimum atomic E-state index is -3.33. The van der Waals surface area contributed by atoms with Gasteiger partial charge in [-0.15, -0.1) is 0 Å². The fourth-order valence-corrected chi connectivity index (χ4v) is 6.44. The highest BCUT2D eigenvalue weighted by atomic mass is 32.2. The highest BCUT2D eigenvalue weighted by molar-refractivity contribution is 7.92. The van der Waals surface area contributed by atoms with E-state index < -0.39 is 21.7 Å². The molecule has 0 unspecified atom stereocenters. The number of sulfone groups is 1. The second kappa shape index (κ2) is 9.22. The number of amides is 2. The number of likely N-dealkylation sites (tertiary alicyclic amines) is 1. The zero-order valence-electron chi connectivity index (χ0n) is 18.1. The molecule has 0 spiro atoms. The lowest BCUT2D eigenvalue weighted by atomic mass is 9.87. The van der Waals surface area contributed by atoms with Gasteiger partial charge >= 0.3 is 5.97 Å². The van der Waals surface area contributed by atoms with Crippen molar-refractivity contribution in [1.29, 1.82) is 0 Å². The number of carboxylic acid groups (broad SMARTS) is 1. The third-order valence-corrected chi connectivity index (χ3v) is 9.32. The highest BCUT2D eigenvalue weighted by Gasteiger charge is 2.37. The number of nitrogens with one attached hydrogen (secondary N) is 1. The van der Waals surface area contributed by atoms with Crippen LogP contribution in [0.4, 0.5) is 5.13 Å². The number of nitrogens with zero attached hydrogens (tertiary/aromatic N) is 2. The van der Waals surface area contributed by atoms with Crippen LogP contribution in [-0.4, -0.2) is 59.5 Å². The summed E-state index contributed by atoms with van der Waals surface area (Å²) >= 11 is 0.870. The Kier molecular flexibility index (Phi) is 6.53. The van der Waals surface area contributed by atoms with Crippen LogP contribution in [0.2, 0.25) is 0 Å². The molecule has 176 valence electrons. The van der Waals surface area contributed by atoms with Gasteiger partial charge in [0.15, 0.2) is 15.0 Å². The van der Waals surface area contributed by atoms with E-state index in [1.165, 1.54) is 13.1 Å². The molecule has 0 radical (unpaired) electrons. The van der Waals surface area contributed by atoms with Crippen molar-refractivity contribution in [3.8, 4) is 0 Å². The van der Waals surface area contributed by atoms with Crippen LogP contribution < -0.4 is 5.32 Å². The van der Waals surface area contributed by atoms with Crippen LogP contribution in [0.1, 0.15) is 53.8 Å². The predicted molar refractivity (Wildman–Crippen MR) is 122 cm³/mol. The third kappa shape index (κ3) is 5.25. The normalized spacial score (nSPS) is 19.3. The maximum Gasteiger partial charge on any atom is 0.347 e. The van der Waals surface area contributed by atoms with E-state index in [1.54, 1.807) is 29.2 Å². The summed E-state index contributed by atoms with van der Waals surface area (Å²) in [5.41, 5.74) is 0.665. The van der Waals surface area contributed by atoms with Crippen LogP contribution in [0.3, 0.4) is 0 Å². The average molecular weight is 492 g/mol. The smallest absolute Gasteiger partial charge is 0.347 e. The monoisotopic (exact) mass is 491 g/mol. The summed E-state index contributed by atoms with van der Waals surface area (Å²) in [5, 5.41) is 11.7. The van der Waals surface area contributed by atoms with E-state index in [1.807, 2.05) is 0 Å². The van der Waals surface area contributed by atoms with Crippen molar-refractivity contribution in [2.45, 2.75) is 48.7 Å². The van der Waals surface area contributed by atoms with E-state index in [2.05, 4.69) is 10.3 Å². The fourth-order valence-electron chi connectivity index (χ4n) is 4.12. The van der Waals surface area contributed by atoms with E-state index in [0.29, 0.717) is 37.9 Å². The molecule has 1 saturated carbocycles. The quantitative estimate of drug-likeness (QED) is 0.580. The molecule has 2 aliphatic rings. The summed E-state index contributed by atoms with van der Waals surface area (Å²) in [6.45, 7) is 2.73. The van der Waals surface area contributed by atoms with E-state index in [4.69, 9.17) is 5.11 Å². The third-order valence-electron chi connectivity index (χ3n) is 6.14. The minimum absolute atomic E-state index is 0.00266. The van der Waals surface area contributed by atoms with Crippen molar-refractivity contribution in [3.05, 3.63) is 40.9 Å². The number of anilines is 1. The number of carboxylic acids is 1. The van der Waals surface area contributed by atoms with Gasteiger partial charge in [0.2, 0.25) is 11.8 Å². The maximum absolute atomic E-state index is 13.2. The van der Waals surface area contributed by atoms with E-state index in [0.717, 1.165) is 17.8 Å². The first-order chi connectivity index (χ1) is 15.6. The lowest BCUT2D eigenvalue weighted by molar-refractivity contribution is -0.127. The van der Waals surface area contributed by atoms with Crippen LogP contribution in [0.5, 0.6) is 0 Å². The van der Waals surface area contributed by atoms with Crippen molar-refractivity contribution in [1.82, 2.24) is 9.88 Å². The van der Waals surface area contributed by atoms with Crippen LogP contribution in [0, 0.1) is 5.92 Å². The second-order valence-electron chi connectivity index (χ2n) is 8.55. The van der Waals surface area contributed by atoms with Crippen LogP contribution in [-0.2, 0) is 19.4 Å². The summed E-state index contributed by atoms with van der Waals surface area (Å²) in [6, 6.07) is 6.43. The van der Waals surface area contributed by atoms with Gasteiger partial charge in [0.05, 0.1) is 22.3 Å². The van der Waals surface area contributed by atoms with Crippen molar-refractivity contribution in [2.75, 3.05) is 18.4 Å². The Labute approximate surface area is 195 Å². The Hall–Kier alpha value is -2.79. The van der Waals surface area contributed by atoms with Crippen molar-refractivity contribution < 1.29 is 27.9 Å². The number of carbonyl (C=O) groups is 3. The summed E-state index contributed by atoms with van der Waals surface area (Å²) in [5.74, 6) is -1.95. The van der Waals surface area contributed by atoms with Gasteiger partial charge < -0.3 is 15.3 Å². The Morgan fingerprint density at radius 3 is 2.45 bits per heavy atom. The number of rotatable bonds is 8. The maximum atomic E-state index is 13.2. The topological polar surface area (TPSA) is 134 Å². The van der Waals surface area contributed by atoms with Gasteiger partial charge in [-0.2, -0.15) is 0 Å². The van der Waals surface area contributed by atoms with Gasteiger partial charge in [0.25, 0.3) is 0 Å². The number of aromatic carboxylic acids is 1. The molecule has 9 nitrogen and oxygen atoms in total. The van der Waals surface area contributed by atoms with Crippen LogP contribution in [0.25, 0.3) is 0 Å². The number of thiazole rings is 1. The molecule has 2 N–H and O–H groups in total. The van der Waals surface area contributed by atoms with Gasteiger partial charge in [-0.1, -0.05) is 23.5 Å². The molecule has 1 aliphatic carbocycles. The van der Waals surface area contributed by atoms with E-state index >= 15 is 0 Å². The van der Waals surface area contributed by atoms with Crippen LogP contribution >= 0.6 is 11.3 Å². The number of aromatic nitrogens is 1. The largest absolute Gasteiger partial charge is 0.477 e. The average Bonchev–Trinajstić information content (AvgIpc) is 3.36. The predicted octanol–water partition coefficient (Wildman–Crippen LogP) is 2.76. The molecule has 0 bridgehead atoms. The zero-order chi connectivity index (χ0) is 23.8. The lowest BCUT2D eigenvalue weighted by Gasteiger charge is -2.21. The summed E-state index contributed by atoms with van der Waals surface area (Å²) in [4.78, 5) is 42.0. The van der Waals surface area contributed by atoms with Gasteiger partial charge in [-0.25, -0.2) is 18.2 Å². The molecular formula is C22H25N3O6S2. The number of hydrogen-bond donors (Lipinski definition) is 2. The molecule has 11 heteroatoms. The van der Waals surface area contributed by atoms with Crippen molar-refractivity contribution >= 4 is 44.1 Å². The SMILES string of the molecule is CC(=O)N1CC[C@H](C[C@@H](C(=O)Nc2ncc(C(=O)O)s2)c2ccc(S(=O)(=O)C3CC3)cc2)C1.